The van der Waals surface area contributed by atoms with Gasteiger partial charge in [-0.25, -0.2) is 0 Å². The third kappa shape index (κ3) is 2.54. The molecule has 0 radical (unpaired) electrons. The molecule has 118 valence electrons. The Morgan fingerprint density at radius 1 is 1.45 bits per heavy atom. The average molecular weight is 303 g/mol. The van der Waals surface area contributed by atoms with E-state index in [2.05, 4.69) is 5.32 Å². The summed E-state index contributed by atoms with van der Waals surface area (Å²) in [5.74, 6) is 0.336. The molecule has 2 atom stereocenters. The number of likely N-dealkylation sites (N-methyl/N-ethyl adjacent to an activating group) is 1. The summed E-state index contributed by atoms with van der Waals surface area (Å²) in [5.41, 5.74) is 7.54. The Hall–Kier alpha value is -2.08. The van der Waals surface area contributed by atoms with Gasteiger partial charge in [0.2, 0.25) is 5.91 Å². The molecule has 6 nitrogen and oxygen atoms in total. The fraction of sp³-hybridized carbons (Fsp3) is 0.500. The molecule has 0 aliphatic carbocycles. The van der Waals surface area contributed by atoms with Crippen molar-refractivity contribution < 1.29 is 14.3 Å². The van der Waals surface area contributed by atoms with Gasteiger partial charge in [0, 0.05) is 25.6 Å². The average Bonchev–Trinajstić information content (AvgIpc) is 3.12. The number of nitrogens with one attached hydrogen (secondary N) is 1. The van der Waals surface area contributed by atoms with E-state index in [0.29, 0.717) is 37.4 Å². The Morgan fingerprint density at radius 3 is 3.05 bits per heavy atom. The molecule has 2 aliphatic heterocycles. The monoisotopic (exact) mass is 303 g/mol. The summed E-state index contributed by atoms with van der Waals surface area (Å²) in [6.07, 6.45) is 1.31. The van der Waals surface area contributed by atoms with Gasteiger partial charge in [0.15, 0.2) is 0 Å². The molecule has 0 saturated carbocycles. The number of benzene rings is 1. The molecule has 0 unspecified atom stereocenters. The highest BCUT2D eigenvalue weighted by Gasteiger charge is 2.39. The number of rotatable bonds is 3. The van der Waals surface area contributed by atoms with Crippen molar-refractivity contribution >= 4 is 11.8 Å². The number of para-hydroxylation sites is 1. The lowest BCUT2D eigenvalue weighted by molar-refractivity contribution is -0.124. The van der Waals surface area contributed by atoms with Gasteiger partial charge >= 0.3 is 0 Å². The van der Waals surface area contributed by atoms with Gasteiger partial charge < -0.3 is 20.7 Å². The second kappa shape index (κ2) is 5.96. The predicted octanol–water partition coefficient (Wildman–Crippen LogP) is 0.299. The number of hydrogen-bond acceptors (Lipinski definition) is 4. The summed E-state index contributed by atoms with van der Waals surface area (Å²) < 4.78 is 5.60. The maximum Gasteiger partial charge on any atom is 0.258 e. The van der Waals surface area contributed by atoms with E-state index in [1.54, 1.807) is 11.0 Å². The lowest BCUT2D eigenvalue weighted by Crippen LogP contribution is -2.46. The van der Waals surface area contributed by atoms with E-state index < -0.39 is 6.04 Å². The van der Waals surface area contributed by atoms with Crippen LogP contribution >= 0.6 is 0 Å². The van der Waals surface area contributed by atoms with Crippen LogP contribution in [0.5, 0.6) is 5.75 Å². The molecule has 3 N–H and O–H groups in total. The van der Waals surface area contributed by atoms with Crippen LogP contribution in [0.25, 0.3) is 0 Å². The van der Waals surface area contributed by atoms with E-state index in [4.69, 9.17) is 10.5 Å². The number of carbonyl (C=O) groups excluding carboxylic acids is 2. The molecule has 1 saturated heterocycles. The number of carbonyl (C=O) groups is 2. The third-order valence-corrected chi connectivity index (χ3v) is 4.19. The molecular formula is C16H21N3O3. The predicted molar refractivity (Wildman–Crippen MR) is 81.7 cm³/mol. The number of likely N-dealkylation sites (tertiary alicyclic amines) is 1. The van der Waals surface area contributed by atoms with E-state index in [0.717, 1.165) is 12.0 Å². The van der Waals surface area contributed by atoms with Crippen LogP contribution in [0.3, 0.4) is 0 Å². The summed E-state index contributed by atoms with van der Waals surface area (Å²) in [7, 11) is 0. The summed E-state index contributed by atoms with van der Waals surface area (Å²) in [6.45, 7) is 3.39. The smallest absolute Gasteiger partial charge is 0.258 e. The summed E-state index contributed by atoms with van der Waals surface area (Å²) in [6, 6.07) is 4.91. The van der Waals surface area contributed by atoms with Crippen molar-refractivity contribution in [3.05, 3.63) is 29.3 Å². The van der Waals surface area contributed by atoms with Crippen molar-refractivity contribution in [1.82, 2.24) is 10.2 Å². The maximum atomic E-state index is 12.9. The summed E-state index contributed by atoms with van der Waals surface area (Å²) in [4.78, 5) is 26.6. The van der Waals surface area contributed by atoms with Crippen LogP contribution in [0, 0.1) is 0 Å². The minimum Gasteiger partial charge on any atom is -0.492 e. The van der Waals surface area contributed by atoms with Gasteiger partial charge in [-0.15, -0.1) is 0 Å². The Bertz CT molecular complexity index is 602. The lowest BCUT2D eigenvalue weighted by Gasteiger charge is -2.24. The molecule has 1 aromatic carbocycles. The Balaban J connectivity index is 1.87. The lowest BCUT2D eigenvalue weighted by atomic mass is 10.1. The van der Waals surface area contributed by atoms with Crippen molar-refractivity contribution in [2.24, 2.45) is 5.73 Å². The molecule has 2 aliphatic rings. The van der Waals surface area contributed by atoms with Gasteiger partial charge in [-0.1, -0.05) is 12.1 Å². The van der Waals surface area contributed by atoms with Crippen molar-refractivity contribution in [2.45, 2.75) is 31.8 Å². The number of hydrogen-bond donors (Lipinski definition) is 2. The number of ether oxygens (including phenoxy) is 1. The molecule has 2 amide bonds. The standard InChI is InChI=1S/C16H21N3O3/c1-2-18-15(20)13-8-11(17)9-19(13)16(21)12-5-3-4-10-6-7-22-14(10)12/h3-5,11,13H,2,6-9,17H2,1H3,(H,18,20)/t11-,13+/m1/s1. The normalized spacial score (nSPS) is 23.1. The number of fused-ring (bicyclic) bond motifs is 1. The van der Waals surface area contributed by atoms with Crippen molar-refractivity contribution in [3.63, 3.8) is 0 Å². The maximum absolute atomic E-state index is 12.9. The van der Waals surface area contributed by atoms with Crippen LogP contribution in [0.1, 0.15) is 29.3 Å². The highest BCUT2D eigenvalue weighted by Crippen LogP contribution is 2.31. The number of amides is 2. The SMILES string of the molecule is CCNC(=O)[C@@H]1C[C@@H](N)CN1C(=O)c1cccc2c1OCC2. The molecule has 22 heavy (non-hydrogen) atoms. The Morgan fingerprint density at radius 2 is 2.27 bits per heavy atom. The zero-order valence-corrected chi connectivity index (χ0v) is 12.7. The van der Waals surface area contributed by atoms with E-state index in [-0.39, 0.29) is 17.9 Å². The molecule has 3 rings (SSSR count). The highest BCUT2D eigenvalue weighted by molar-refractivity contribution is 6.00. The van der Waals surface area contributed by atoms with E-state index in [1.807, 2.05) is 19.1 Å². The van der Waals surface area contributed by atoms with Crippen molar-refractivity contribution in [1.29, 1.82) is 0 Å². The molecule has 0 spiro atoms. The molecular weight excluding hydrogens is 282 g/mol. The van der Waals surface area contributed by atoms with Gasteiger partial charge in [-0.3, -0.25) is 9.59 Å². The van der Waals surface area contributed by atoms with Crippen LogP contribution in [0.15, 0.2) is 18.2 Å². The highest BCUT2D eigenvalue weighted by atomic mass is 16.5. The molecule has 1 fully saturated rings. The van der Waals surface area contributed by atoms with Gasteiger partial charge in [-0.2, -0.15) is 0 Å². The van der Waals surface area contributed by atoms with Crippen LogP contribution < -0.4 is 15.8 Å². The Kier molecular flexibility index (Phi) is 4.02. The quantitative estimate of drug-likeness (QED) is 0.841. The summed E-state index contributed by atoms with van der Waals surface area (Å²) in [5, 5.41) is 2.78. The zero-order chi connectivity index (χ0) is 15.7. The van der Waals surface area contributed by atoms with Crippen molar-refractivity contribution in [2.75, 3.05) is 19.7 Å². The molecule has 2 heterocycles. The minimum atomic E-state index is -0.500. The molecule has 1 aromatic rings. The van der Waals surface area contributed by atoms with Gasteiger partial charge in [-0.05, 0) is 25.0 Å². The van der Waals surface area contributed by atoms with E-state index >= 15 is 0 Å². The fourth-order valence-corrected chi connectivity index (χ4v) is 3.17. The first-order valence-electron chi connectivity index (χ1n) is 7.70. The zero-order valence-electron chi connectivity index (χ0n) is 12.7. The van der Waals surface area contributed by atoms with Crippen LogP contribution in [0.2, 0.25) is 0 Å². The Labute approximate surface area is 129 Å². The number of nitrogens with two attached hydrogens (primary N) is 1. The van der Waals surface area contributed by atoms with Crippen molar-refractivity contribution in [3.8, 4) is 5.75 Å². The second-order valence-electron chi connectivity index (χ2n) is 5.76. The van der Waals surface area contributed by atoms with Gasteiger partial charge in [0.25, 0.3) is 5.91 Å². The topological polar surface area (TPSA) is 84.7 Å². The third-order valence-electron chi connectivity index (χ3n) is 4.19. The van der Waals surface area contributed by atoms with E-state index in [1.165, 1.54) is 0 Å². The van der Waals surface area contributed by atoms with Crippen LogP contribution in [-0.2, 0) is 11.2 Å². The van der Waals surface area contributed by atoms with Gasteiger partial charge in [0.1, 0.15) is 11.8 Å². The first kappa shape index (κ1) is 14.8. The number of nitrogens with zero attached hydrogens (tertiary/aromatic N) is 1. The molecule has 0 bridgehead atoms. The van der Waals surface area contributed by atoms with Crippen LogP contribution in [0.4, 0.5) is 0 Å². The largest absolute Gasteiger partial charge is 0.492 e. The first-order chi connectivity index (χ1) is 10.6. The first-order valence-corrected chi connectivity index (χ1v) is 7.70. The van der Waals surface area contributed by atoms with Crippen LogP contribution in [-0.4, -0.2) is 48.5 Å². The molecule has 6 heteroatoms. The van der Waals surface area contributed by atoms with E-state index in [9.17, 15) is 9.59 Å². The fourth-order valence-electron chi connectivity index (χ4n) is 3.17. The van der Waals surface area contributed by atoms with Gasteiger partial charge in [0.05, 0.1) is 12.2 Å². The second-order valence-corrected chi connectivity index (χ2v) is 5.76. The molecule has 0 aromatic heterocycles. The summed E-state index contributed by atoms with van der Waals surface area (Å²) >= 11 is 0. The minimum absolute atomic E-state index is 0.141.